The fourth-order valence-electron chi connectivity index (χ4n) is 3.33. The zero-order valence-corrected chi connectivity index (χ0v) is 14.5. The number of hydrogen-bond donors (Lipinski definition) is 2. The first-order valence-electron chi connectivity index (χ1n) is 9.00. The first kappa shape index (κ1) is 18.0. The average molecular weight is 325 g/mol. The van der Waals surface area contributed by atoms with Crippen LogP contribution in [0.4, 0.5) is 4.79 Å². The lowest BCUT2D eigenvalue weighted by Crippen LogP contribution is -2.55. The van der Waals surface area contributed by atoms with Gasteiger partial charge in [-0.25, -0.2) is 4.79 Å². The van der Waals surface area contributed by atoms with Crippen LogP contribution in [0.25, 0.3) is 0 Å². The van der Waals surface area contributed by atoms with Gasteiger partial charge < -0.3 is 20.3 Å². The lowest BCUT2D eigenvalue weighted by Gasteiger charge is -2.32. The Hall–Kier alpha value is -1.30. The second-order valence-electron chi connectivity index (χ2n) is 7.07. The predicted octanol–water partition coefficient (Wildman–Crippen LogP) is 1.89. The van der Waals surface area contributed by atoms with Gasteiger partial charge in [-0.15, -0.1) is 0 Å². The van der Waals surface area contributed by atoms with E-state index in [1.165, 1.54) is 19.3 Å². The Labute approximate surface area is 139 Å². The van der Waals surface area contributed by atoms with Crippen molar-refractivity contribution in [1.29, 1.82) is 0 Å². The smallest absolute Gasteiger partial charge is 0.315 e. The molecule has 1 aliphatic carbocycles. The van der Waals surface area contributed by atoms with E-state index in [1.807, 2.05) is 0 Å². The Morgan fingerprint density at radius 3 is 2.39 bits per heavy atom. The average Bonchev–Trinajstić information content (AvgIpc) is 2.55. The van der Waals surface area contributed by atoms with Crippen molar-refractivity contribution in [2.45, 2.75) is 64.5 Å². The van der Waals surface area contributed by atoms with E-state index >= 15 is 0 Å². The van der Waals surface area contributed by atoms with Crippen molar-refractivity contribution >= 4 is 11.9 Å². The van der Waals surface area contributed by atoms with Crippen LogP contribution in [-0.4, -0.2) is 55.2 Å². The largest absolute Gasteiger partial charge is 0.378 e. The quantitative estimate of drug-likeness (QED) is 0.811. The minimum atomic E-state index is -0.448. The van der Waals surface area contributed by atoms with Crippen LogP contribution in [0, 0.1) is 5.92 Å². The number of rotatable bonds is 5. The Bertz CT molecular complexity index is 389. The van der Waals surface area contributed by atoms with Crippen LogP contribution in [0.3, 0.4) is 0 Å². The van der Waals surface area contributed by atoms with E-state index in [1.54, 1.807) is 4.90 Å². The molecule has 1 saturated heterocycles. The molecule has 1 atom stereocenters. The first-order chi connectivity index (χ1) is 11.1. The van der Waals surface area contributed by atoms with Gasteiger partial charge in [0.1, 0.15) is 6.04 Å². The van der Waals surface area contributed by atoms with Crippen LogP contribution in [0.1, 0.15) is 52.4 Å². The molecular weight excluding hydrogens is 294 g/mol. The topological polar surface area (TPSA) is 70.7 Å². The molecule has 2 fully saturated rings. The van der Waals surface area contributed by atoms with Gasteiger partial charge in [-0.1, -0.05) is 33.1 Å². The highest BCUT2D eigenvalue weighted by Crippen LogP contribution is 2.17. The number of amides is 3. The van der Waals surface area contributed by atoms with Crippen LogP contribution in [0.15, 0.2) is 0 Å². The van der Waals surface area contributed by atoms with E-state index < -0.39 is 6.04 Å². The summed E-state index contributed by atoms with van der Waals surface area (Å²) in [7, 11) is 0. The third-order valence-corrected chi connectivity index (χ3v) is 4.57. The molecule has 2 N–H and O–H groups in total. The Kier molecular flexibility index (Phi) is 7.15. The summed E-state index contributed by atoms with van der Waals surface area (Å²) in [5.41, 5.74) is 0. The van der Waals surface area contributed by atoms with E-state index in [4.69, 9.17) is 4.74 Å². The van der Waals surface area contributed by atoms with E-state index in [0.717, 1.165) is 12.8 Å². The molecule has 0 unspecified atom stereocenters. The van der Waals surface area contributed by atoms with Crippen molar-refractivity contribution in [1.82, 2.24) is 15.5 Å². The second-order valence-corrected chi connectivity index (χ2v) is 7.07. The van der Waals surface area contributed by atoms with Crippen LogP contribution < -0.4 is 10.6 Å². The molecule has 132 valence electrons. The third-order valence-electron chi connectivity index (χ3n) is 4.57. The lowest BCUT2D eigenvalue weighted by atomic mass is 9.96. The Morgan fingerprint density at radius 2 is 1.78 bits per heavy atom. The molecule has 0 radical (unpaired) electrons. The fourth-order valence-corrected chi connectivity index (χ4v) is 3.33. The summed E-state index contributed by atoms with van der Waals surface area (Å²) in [6, 6.07) is -0.400. The summed E-state index contributed by atoms with van der Waals surface area (Å²) in [5, 5.41) is 5.95. The maximum Gasteiger partial charge on any atom is 0.315 e. The predicted molar refractivity (Wildman–Crippen MR) is 89.2 cm³/mol. The van der Waals surface area contributed by atoms with Gasteiger partial charge in [0.15, 0.2) is 0 Å². The zero-order valence-electron chi connectivity index (χ0n) is 14.5. The van der Waals surface area contributed by atoms with Crippen molar-refractivity contribution < 1.29 is 14.3 Å². The van der Waals surface area contributed by atoms with E-state index in [0.29, 0.717) is 38.6 Å². The normalized spacial score (nSPS) is 21.1. The molecule has 0 aromatic carbocycles. The van der Waals surface area contributed by atoms with Gasteiger partial charge in [0, 0.05) is 19.1 Å². The molecule has 2 rings (SSSR count). The number of carbonyl (C=O) groups is 2. The highest BCUT2D eigenvalue weighted by Gasteiger charge is 2.28. The third kappa shape index (κ3) is 6.01. The first-order valence-corrected chi connectivity index (χ1v) is 9.00. The number of nitrogens with one attached hydrogen (secondary N) is 2. The summed E-state index contributed by atoms with van der Waals surface area (Å²) in [4.78, 5) is 26.8. The standard InChI is InChI=1S/C17H31N3O3/c1-13(2)12-15(16(21)20-8-10-23-11-9-20)19-17(22)18-14-6-4-3-5-7-14/h13-15H,3-12H2,1-2H3,(H2,18,19,22)/t15-/m1/s1. The molecule has 6 nitrogen and oxygen atoms in total. The number of nitrogens with zero attached hydrogens (tertiary/aromatic N) is 1. The van der Waals surface area contributed by atoms with E-state index in [2.05, 4.69) is 24.5 Å². The van der Waals surface area contributed by atoms with E-state index in [-0.39, 0.29) is 18.0 Å². The summed E-state index contributed by atoms with van der Waals surface area (Å²) >= 11 is 0. The Morgan fingerprint density at radius 1 is 1.13 bits per heavy atom. The van der Waals surface area contributed by atoms with Crippen molar-refractivity contribution in [3.63, 3.8) is 0 Å². The van der Waals surface area contributed by atoms with Gasteiger partial charge in [0.2, 0.25) is 5.91 Å². The Balaban J connectivity index is 1.88. The molecule has 1 saturated carbocycles. The number of carbonyl (C=O) groups excluding carboxylic acids is 2. The maximum atomic E-state index is 12.7. The van der Waals surface area contributed by atoms with Crippen LogP contribution in [0.2, 0.25) is 0 Å². The molecule has 0 bridgehead atoms. The molecule has 0 aromatic heterocycles. The molecule has 1 heterocycles. The van der Waals surface area contributed by atoms with Gasteiger partial charge in [0.25, 0.3) is 0 Å². The lowest BCUT2D eigenvalue weighted by molar-refractivity contribution is -0.137. The van der Waals surface area contributed by atoms with Gasteiger partial charge in [0.05, 0.1) is 13.2 Å². The number of hydrogen-bond acceptors (Lipinski definition) is 3. The number of urea groups is 1. The van der Waals surface area contributed by atoms with Crippen LogP contribution >= 0.6 is 0 Å². The van der Waals surface area contributed by atoms with Crippen molar-refractivity contribution in [2.75, 3.05) is 26.3 Å². The summed E-state index contributed by atoms with van der Waals surface area (Å²) < 4.78 is 5.30. The molecule has 23 heavy (non-hydrogen) atoms. The minimum absolute atomic E-state index is 0.0146. The number of ether oxygens (including phenoxy) is 1. The fraction of sp³-hybridized carbons (Fsp3) is 0.882. The summed E-state index contributed by atoms with van der Waals surface area (Å²) in [6.07, 6.45) is 6.35. The van der Waals surface area contributed by atoms with Crippen molar-refractivity contribution in [3.05, 3.63) is 0 Å². The van der Waals surface area contributed by atoms with Crippen LogP contribution in [0.5, 0.6) is 0 Å². The minimum Gasteiger partial charge on any atom is -0.378 e. The molecule has 3 amide bonds. The maximum absolute atomic E-state index is 12.7. The van der Waals surface area contributed by atoms with Crippen molar-refractivity contribution in [3.8, 4) is 0 Å². The van der Waals surface area contributed by atoms with Gasteiger partial charge in [-0.05, 0) is 25.2 Å². The van der Waals surface area contributed by atoms with Gasteiger partial charge >= 0.3 is 6.03 Å². The molecule has 6 heteroatoms. The van der Waals surface area contributed by atoms with Gasteiger partial charge in [-0.3, -0.25) is 4.79 Å². The highest BCUT2D eigenvalue weighted by atomic mass is 16.5. The molecule has 2 aliphatic rings. The van der Waals surface area contributed by atoms with Gasteiger partial charge in [-0.2, -0.15) is 0 Å². The van der Waals surface area contributed by atoms with E-state index in [9.17, 15) is 9.59 Å². The highest BCUT2D eigenvalue weighted by molar-refractivity contribution is 5.87. The SMILES string of the molecule is CC(C)C[C@@H](NC(=O)NC1CCCCC1)C(=O)N1CCOCC1. The van der Waals surface area contributed by atoms with Crippen molar-refractivity contribution in [2.24, 2.45) is 5.92 Å². The monoisotopic (exact) mass is 325 g/mol. The number of morpholine rings is 1. The molecule has 0 spiro atoms. The molecular formula is C17H31N3O3. The second kappa shape index (κ2) is 9.11. The summed E-state index contributed by atoms with van der Waals surface area (Å²) in [5.74, 6) is 0.362. The van der Waals surface area contributed by atoms with Crippen LogP contribution in [-0.2, 0) is 9.53 Å². The zero-order chi connectivity index (χ0) is 16.7. The molecule has 0 aromatic rings. The molecule has 1 aliphatic heterocycles. The summed E-state index contributed by atoms with van der Waals surface area (Å²) in [6.45, 7) is 6.52.